The largest absolute Gasteiger partial charge is 0.373 e. The molecule has 7 heteroatoms. The van der Waals surface area contributed by atoms with Gasteiger partial charge in [0.2, 0.25) is 5.78 Å². The minimum absolute atomic E-state index is 0.165. The van der Waals surface area contributed by atoms with E-state index in [0.717, 1.165) is 38.7 Å². The molecule has 1 atom stereocenters. The molecule has 1 unspecified atom stereocenters. The van der Waals surface area contributed by atoms with E-state index in [2.05, 4.69) is 19.9 Å². The number of rotatable bonds is 9. The molecule has 1 amide bonds. The molecule has 4 aromatic carbocycles. The van der Waals surface area contributed by atoms with Gasteiger partial charge in [0, 0.05) is 39.2 Å². The number of aliphatic hydroxyl groups is 1. The van der Waals surface area contributed by atoms with Crippen molar-refractivity contribution in [3.05, 3.63) is 226 Å². The highest BCUT2D eigenvalue weighted by Gasteiger charge is 2.37. The van der Waals surface area contributed by atoms with E-state index >= 15 is 0 Å². The van der Waals surface area contributed by atoms with Crippen LogP contribution < -0.4 is 10.7 Å². The molecule has 0 saturated carbocycles. The zero-order chi connectivity index (χ0) is 34.8. The minimum atomic E-state index is -1.65. The number of allylic oxidation sites excluding steroid dienone is 1. The fourth-order valence-electron chi connectivity index (χ4n) is 6.65. The van der Waals surface area contributed by atoms with Crippen molar-refractivity contribution < 1.29 is 14.7 Å². The molecule has 0 aliphatic carbocycles. The van der Waals surface area contributed by atoms with E-state index in [1.54, 1.807) is 30.3 Å². The predicted molar refractivity (Wildman–Crippen MR) is 199 cm³/mol. The van der Waals surface area contributed by atoms with Crippen molar-refractivity contribution in [3.8, 4) is 0 Å². The number of aromatic amines is 3. The number of H-pyrrole nitrogens is 3. The van der Waals surface area contributed by atoms with E-state index in [4.69, 9.17) is 0 Å². The Morgan fingerprint density at radius 1 is 0.510 bits per heavy atom. The third-order valence-electron chi connectivity index (χ3n) is 9.11. The summed E-state index contributed by atoms with van der Waals surface area (Å²) in [4.78, 5) is 40.2. The number of hydrogen-bond acceptors (Lipinski definition) is 3. The van der Waals surface area contributed by atoms with Gasteiger partial charge in [0.15, 0.2) is 5.60 Å². The Morgan fingerprint density at radius 3 is 1.57 bits per heavy atom. The average Bonchev–Trinajstić information content (AvgIpc) is 4.03. The van der Waals surface area contributed by atoms with E-state index in [1.807, 2.05) is 133 Å². The molecule has 0 bridgehead atoms. The maximum absolute atomic E-state index is 13.4. The minimum Gasteiger partial charge on any atom is -0.373 e. The van der Waals surface area contributed by atoms with Gasteiger partial charge in [-0.05, 0) is 59.2 Å². The lowest BCUT2D eigenvalue weighted by Crippen LogP contribution is -2.30. The molecule has 246 valence electrons. The van der Waals surface area contributed by atoms with Gasteiger partial charge in [-0.25, -0.2) is 4.99 Å². The summed E-state index contributed by atoms with van der Waals surface area (Å²) in [6.45, 7) is 0. The number of ketones is 1. The molecule has 3 aromatic heterocycles. The van der Waals surface area contributed by atoms with Crippen LogP contribution in [0.4, 0.5) is 0 Å². The highest BCUT2D eigenvalue weighted by atomic mass is 16.3. The summed E-state index contributed by atoms with van der Waals surface area (Å²) >= 11 is 0. The molecule has 51 heavy (non-hydrogen) atoms. The van der Waals surface area contributed by atoms with Crippen LogP contribution in [0.3, 0.4) is 0 Å². The summed E-state index contributed by atoms with van der Waals surface area (Å²) in [5, 5.41) is 14.4. The SMILES string of the molecule is O=C1C=CC(/C(c2ccccc2)=c2\cc/c(=C(/c3ccccc3)c3ccc(C(O)(c4ccccc4)c4ccc(C(=O)c5ccccc5)[nH]4)[nH]3)[nH]2)=N1. The number of nitrogens with one attached hydrogen (secondary N) is 3. The van der Waals surface area contributed by atoms with Crippen molar-refractivity contribution in [3.63, 3.8) is 0 Å². The van der Waals surface area contributed by atoms with Crippen LogP contribution in [0.25, 0.3) is 11.1 Å². The van der Waals surface area contributed by atoms with Gasteiger partial charge in [0.25, 0.3) is 5.91 Å². The van der Waals surface area contributed by atoms with E-state index in [-0.39, 0.29) is 11.7 Å². The second kappa shape index (κ2) is 13.2. The third-order valence-corrected chi connectivity index (χ3v) is 9.11. The van der Waals surface area contributed by atoms with Crippen molar-refractivity contribution in [1.82, 2.24) is 15.0 Å². The van der Waals surface area contributed by atoms with Crippen LogP contribution in [-0.2, 0) is 10.4 Å². The van der Waals surface area contributed by atoms with Gasteiger partial charge < -0.3 is 20.1 Å². The Balaban J connectivity index is 1.30. The summed E-state index contributed by atoms with van der Waals surface area (Å²) in [6.07, 6.45) is 3.22. The first-order valence-electron chi connectivity index (χ1n) is 16.6. The summed E-state index contributed by atoms with van der Waals surface area (Å²) in [5.41, 5.74) is 5.81. The van der Waals surface area contributed by atoms with E-state index in [1.165, 1.54) is 6.08 Å². The van der Waals surface area contributed by atoms with Crippen LogP contribution in [0.5, 0.6) is 0 Å². The van der Waals surface area contributed by atoms with Crippen molar-refractivity contribution in [1.29, 1.82) is 0 Å². The molecule has 4 N–H and O–H groups in total. The fourth-order valence-corrected chi connectivity index (χ4v) is 6.65. The van der Waals surface area contributed by atoms with Crippen LogP contribution in [0.1, 0.15) is 49.8 Å². The third kappa shape index (κ3) is 5.92. The van der Waals surface area contributed by atoms with Gasteiger partial charge in [0.05, 0.1) is 22.8 Å². The number of aromatic nitrogens is 3. The first kappa shape index (κ1) is 31.4. The standard InChI is InChI=1S/C44H32N4O3/c49-40-28-25-36(48-40)42(30-15-7-2-8-16-30)34-22-21-33(45-34)41(29-13-5-1-6-14-29)35-23-26-38(46-35)44(51,32-19-11-4-12-20-32)39-27-24-37(47-39)43(50)31-17-9-3-10-18-31/h1-28,45-47,51H/b41-33+,42-34+. The summed E-state index contributed by atoms with van der Waals surface area (Å²) < 4.78 is 0. The maximum Gasteiger partial charge on any atom is 0.270 e. The number of aliphatic imine (C=N–C) groups is 1. The molecule has 8 rings (SSSR count). The molecule has 7 aromatic rings. The first-order chi connectivity index (χ1) is 25.0. The highest BCUT2D eigenvalue weighted by molar-refractivity contribution is 6.34. The zero-order valence-electron chi connectivity index (χ0n) is 27.4. The number of hydrogen-bond donors (Lipinski definition) is 4. The Morgan fingerprint density at radius 2 is 1.00 bits per heavy atom. The lowest BCUT2D eigenvalue weighted by molar-refractivity contribution is -0.113. The van der Waals surface area contributed by atoms with Crippen LogP contribution in [-0.4, -0.2) is 37.5 Å². The Bertz CT molecular complexity index is 2560. The average molecular weight is 665 g/mol. The van der Waals surface area contributed by atoms with Gasteiger partial charge in [-0.2, -0.15) is 0 Å². The molecule has 1 aliphatic rings. The second-order valence-electron chi connectivity index (χ2n) is 12.3. The van der Waals surface area contributed by atoms with Crippen LogP contribution in [0.15, 0.2) is 175 Å². The topological polar surface area (TPSA) is 114 Å². The number of amides is 1. The molecule has 4 heterocycles. The van der Waals surface area contributed by atoms with Crippen LogP contribution >= 0.6 is 0 Å². The molecule has 1 aliphatic heterocycles. The number of nitrogens with zero attached hydrogens (tertiary/aromatic N) is 1. The van der Waals surface area contributed by atoms with Crippen LogP contribution in [0, 0.1) is 0 Å². The zero-order valence-corrected chi connectivity index (χ0v) is 27.4. The first-order valence-corrected chi connectivity index (χ1v) is 16.6. The summed E-state index contributed by atoms with van der Waals surface area (Å²) in [6, 6.07) is 49.6. The van der Waals surface area contributed by atoms with E-state index in [9.17, 15) is 14.7 Å². The van der Waals surface area contributed by atoms with Crippen molar-refractivity contribution >= 4 is 28.5 Å². The molecule has 0 saturated heterocycles. The second-order valence-corrected chi connectivity index (χ2v) is 12.3. The molecular formula is C44H32N4O3. The summed E-state index contributed by atoms with van der Waals surface area (Å²) in [7, 11) is 0. The Hall–Kier alpha value is -6.83. The maximum atomic E-state index is 13.4. The van der Waals surface area contributed by atoms with E-state index in [0.29, 0.717) is 33.9 Å². The Labute approximate surface area is 293 Å². The Kier molecular flexibility index (Phi) is 8.16. The number of carbonyl (C=O) groups is 2. The van der Waals surface area contributed by atoms with Gasteiger partial charge in [0.1, 0.15) is 0 Å². The summed E-state index contributed by atoms with van der Waals surface area (Å²) in [5.74, 6) is -0.452. The number of benzene rings is 4. The van der Waals surface area contributed by atoms with Gasteiger partial charge >= 0.3 is 0 Å². The van der Waals surface area contributed by atoms with Gasteiger partial charge in [-0.15, -0.1) is 0 Å². The van der Waals surface area contributed by atoms with Crippen molar-refractivity contribution in [2.75, 3.05) is 0 Å². The highest BCUT2D eigenvalue weighted by Crippen LogP contribution is 2.37. The number of carbonyl (C=O) groups excluding carboxylic acids is 2. The van der Waals surface area contributed by atoms with Crippen molar-refractivity contribution in [2.24, 2.45) is 4.99 Å². The van der Waals surface area contributed by atoms with Gasteiger partial charge in [-0.3, -0.25) is 9.59 Å². The smallest absolute Gasteiger partial charge is 0.270 e. The van der Waals surface area contributed by atoms with E-state index < -0.39 is 5.60 Å². The predicted octanol–water partition coefficient (Wildman–Crippen LogP) is 6.17. The van der Waals surface area contributed by atoms with Crippen molar-refractivity contribution in [2.45, 2.75) is 5.60 Å². The molecule has 0 fully saturated rings. The molecule has 7 nitrogen and oxygen atoms in total. The quantitative estimate of drug-likeness (QED) is 0.139. The normalized spacial score (nSPS) is 14.9. The fraction of sp³-hybridized carbons (Fsp3) is 0.0227. The van der Waals surface area contributed by atoms with Gasteiger partial charge in [-0.1, -0.05) is 121 Å². The van der Waals surface area contributed by atoms with Crippen LogP contribution in [0.2, 0.25) is 0 Å². The molecular weight excluding hydrogens is 633 g/mol. The monoisotopic (exact) mass is 664 g/mol. The molecule has 0 spiro atoms. The lowest BCUT2D eigenvalue weighted by Gasteiger charge is -2.27. The lowest BCUT2D eigenvalue weighted by atomic mass is 9.87. The molecule has 0 radical (unpaired) electrons.